The molecule has 0 saturated carbocycles. The van der Waals surface area contributed by atoms with Crippen LogP contribution in [0.4, 0.5) is 13.2 Å². The molecule has 1 heterocycles. The van der Waals surface area contributed by atoms with Crippen molar-refractivity contribution in [3.8, 4) is 11.1 Å². The van der Waals surface area contributed by atoms with Crippen molar-refractivity contribution in [2.24, 2.45) is 0 Å². The van der Waals surface area contributed by atoms with E-state index in [1.165, 1.54) is 87.1 Å². The van der Waals surface area contributed by atoms with Crippen molar-refractivity contribution in [2.45, 2.75) is 57.0 Å². The van der Waals surface area contributed by atoms with Crippen LogP contribution in [0, 0.1) is 6.92 Å². The zero-order valence-corrected chi connectivity index (χ0v) is 26.1. The number of aryl methyl sites for hydroxylation is 2. The molecule has 1 fully saturated rings. The van der Waals surface area contributed by atoms with Crippen LogP contribution < -0.4 is 5.32 Å². The summed E-state index contributed by atoms with van der Waals surface area (Å²) in [5.74, 6) is 0. The Balaban J connectivity index is 0.000000204. The Labute approximate surface area is 258 Å². The Morgan fingerprint density at radius 1 is 0.886 bits per heavy atom. The summed E-state index contributed by atoms with van der Waals surface area (Å²) in [5.41, 5.74) is 3.76. The largest absolute Gasteiger partial charge is 0.416 e. The third-order valence-corrected chi connectivity index (χ3v) is 8.93. The molecule has 0 unspecified atom stereocenters. The molecule has 2 N–H and O–H groups in total. The Hall–Kier alpha value is -3.24. The SMILES string of the molecule is CCCCCc1cc(CCN2CCNCC2)ccc1C.O=S(=O)(O)c1ccc2ccccc2c1-c1cccc(C(F)(F)F)c1. The monoisotopic (exact) mass is 626 g/mol. The summed E-state index contributed by atoms with van der Waals surface area (Å²) in [7, 11) is -4.60. The molecule has 4 aromatic rings. The molecule has 0 spiro atoms. The molecule has 5 rings (SSSR count). The Kier molecular flexibility index (Phi) is 11.6. The van der Waals surface area contributed by atoms with E-state index in [9.17, 15) is 26.1 Å². The maximum absolute atomic E-state index is 13.0. The van der Waals surface area contributed by atoms with Gasteiger partial charge in [0, 0.05) is 38.3 Å². The van der Waals surface area contributed by atoms with Crippen molar-refractivity contribution in [2.75, 3.05) is 32.7 Å². The standard InChI is InChI=1S/C18H30N2.C17H11F3O3S/c1-3-4-5-6-18-15-17(8-7-16(18)2)9-12-20-13-10-19-11-14-20;18-17(19,20)13-6-3-5-12(10-13)16-14-7-2-1-4-11(14)8-9-15(16)24(21,22)23/h7-8,15,19H,3-6,9-14H2,1-2H3;1-10H,(H,21,22,23). The highest BCUT2D eigenvalue weighted by atomic mass is 32.2. The molecule has 1 saturated heterocycles. The highest BCUT2D eigenvalue weighted by Gasteiger charge is 2.31. The molecule has 0 bridgehead atoms. The van der Waals surface area contributed by atoms with E-state index in [0.29, 0.717) is 10.8 Å². The molecule has 0 aromatic heterocycles. The molecule has 236 valence electrons. The fraction of sp³-hybridized carbons (Fsp3) is 0.371. The summed E-state index contributed by atoms with van der Waals surface area (Å²) in [5, 5.41) is 4.50. The lowest BCUT2D eigenvalue weighted by Crippen LogP contribution is -2.44. The number of hydrogen-bond donors (Lipinski definition) is 2. The van der Waals surface area contributed by atoms with E-state index < -0.39 is 26.8 Å². The number of halogens is 3. The summed E-state index contributed by atoms with van der Waals surface area (Å²) < 4.78 is 71.7. The number of alkyl halides is 3. The number of nitrogens with one attached hydrogen (secondary N) is 1. The minimum absolute atomic E-state index is 0.0432. The number of unbranched alkanes of at least 4 members (excludes halogenated alkanes) is 2. The lowest BCUT2D eigenvalue weighted by atomic mass is 9.97. The number of hydrogen-bond acceptors (Lipinski definition) is 4. The number of rotatable bonds is 9. The number of piperazine rings is 1. The smallest absolute Gasteiger partial charge is 0.314 e. The van der Waals surface area contributed by atoms with Gasteiger partial charge in [0.05, 0.1) is 5.56 Å². The Bertz CT molecular complexity index is 1650. The molecule has 0 radical (unpaired) electrons. The van der Waals surface area contributed by atoms with Gasteiger partial charge in [0.15, 0.2) is 0 Å². The molecule has 9 heteroatoms. The minimum atomic E-state index is -4.60. The van der Waals surface area contributed by atoms with Crippen LogP contribution in [0.3, 0.4) is 0 Å². The van der Waals surface area contributed by atoms with Crippen LogP contribution in [0.15, 0.2) is 83.8 Å². The van der Waals surface area contributed by atoms with E-state index in [0.717, 1.165) is 25.2 Å². The average Bonchev–Trinajstić information content (AvgIpc) is 3.01. The van der Waals surface area contributed by atoms with Crippen LogP contribution in [0.25, 0.3) is 21.9 Å². The lowest BCUT2D eigenvalue weighted by molar-refractivity contribution is -0.137. The van der Waals surface area contributed by atoms with Gasteiger partial charge in [-0.25, -0.2) is 0 Å². The highest BCUT2D eigenvalue weighted by molar-refractivity contribution is 7.86. The highest BCUT2D eigenvalue weighted by Crippen LogP contribution is 2.38. The molecule has 1 aliphatic heterocycles. The van der Waals surface area contributed by atoms with Gasteiger partial charge in [0.2, 0.25) is 0 Å². The number of fused-ring (bicyclic) bond motifs is 1. The summed E-state index contributed by atoms with van der Waals surface area (Å²) in [6.45, 7) is 10.4. The first-order valence-electron chi connectivity index (χ1n) is 15.2. The van der Waals surface area contributed by atoms with Gasteiger partial charge >= 0.3 is 6.18 Å². The van der Waals surface area contributed by atoms with Crippen LogP contribution >= 0.6 is 0 Å². The van der Waals surface area contributed by atoms with Gasteiger partial charge in [-0.2, -0.15) is 21.6 Å². The number of nitrogens with zero attached hydrogens (tertiary/aromatic N) is 1. The van der Waals surface area contributed by atoms with Crippen LogP contribution in [0.2, 0.25) is 0 Å². The van der Waals surface area contributed by atoms with Gasteiger partial charge in [-0.05, 0) is 77.4 Å². The second-order valence-corrected chi connectivity index (χ2v) is 12.7. The topological polar surface area (TPSA) is 69.6 Å². The van der Waals surface area contributed by atoms with Crippen molar-refractivity contribution < 1.29 is 26.1 Å². The van der Waals surface area contributed by atoms with Crippen molar-refractivity contribution >= 4 is 20.9 Å². The van der Waals surface area contributed by atoms with E-state index in [2.05, 4.69) is 42.3 Å². The molecule has 0 aliphatic carbocycles. The average molecular weight is 627 g/mol. The van der Waals surface area contributed by atoms with E-state index >= 15 is 0 Å². The first kappa shape index (κ1) is 33.6. The van der Waals surface area contributed by atoms with E-state index in [-0.39, 0.29) is 11.1 Å². The van der Waals surface area contributed by atoms with Gasteiger partial charge in [0.25, 0.3) is 10.1 Å². The third kappa shape index (κ3) is 9.14. The zero-order chi connectivity index (χ0) is 31.7. The normalized spacial score (nSPS) is 14.3. The quantitative estimate of drug-likeness (QED) is 0.146. The van der Waals surface area contributed by atoms with Gasteiger partial charge < -0.3 is 10.2 Å². The van der Waals surface area contributed by atoms with Gasteiger partial charge in [-0.15, -0.1) is 0 Å². The predicted octanol–water partition coefficient (Wildman–Crippen LogP) is 7.95. The van der Waals surface area contributed by atoms with Crippen molar-refractivity contribution in [1.82, 2.24) is 10.2 Å². The summed E-state index contributed by atoms with van der Waals surface area (Å²) in [6.07, 6.45) is 1.88. The van der Waals surface area contributed by atoms with Crippen molar-refractivity contribution in [1.29, 1.82) is 0 Å². The molecule has 0 amide bonds. The summed E-state index contributed by atoms with van der Waals surface area (Å²) in [6, 6.07) is 20.8. The first-order chi connectivity index (χ1) is 21.0. The van der Waals surface area contributed by atoms with E-state index in [1.54, 1.807) is 29.8 Å². The molecule has 44 heavy (non-hydrogen) atoms. The fourth-order valence-electron chi connectivity index (χ4n) is 5.55. The lowest BCUT2D eigenvalue weighted by Gasteiger charge is -2.27. The van der Waals surface area contributed by atoms with Crippen LogP contribution in [-0.4, -0.2) is 50.6 Å². The molecule has 4 aromatic carbocycles. The molecule has 5 nitrogen and oxygen atoms in total. The summed E-state index contributed by atoms with van der Waals surface area (Å²) in [4.78, 5) is 2.15. The minimum Gasteiger partial charge on any atom is -0.314 e. The van der Waals surface area contributed by atoms with Crippen molar-refractivity contribution in [3.05, 3.63) is 101 Å². The third-order valence-electron chi connectivity index (χ3n) is 8.04. The van der Waals surface area contributed by atoms with Gasteiger partial charge in [-0.3, -0.25) is 4.55 Å². The zero-order valence-electron chi connectivity index (χ0n) is 25.3. The summed E-state index contributed by atoms with van der Waals surface area (Å²) >= 11 is 0. The van der Waals surface area contributed by atoms with E-state index in [4.69, 9.17) is 0 Å². The Morgan fingerprint density at radius 3 is 2.34 bits per heavy atom. The van der Waals surface area contributed by atoms with Gasteiger partial charge in [-0.1, -0.05) is 80.4 Å². The van der Waals surface area contributed by atoms with Crippen LogP contribution in [0.5, 0.6) is 0 Å². The molecular formula is C35H41F3N2O3S. The number of benzene rings is 4. The second-order valence-electron chi connectivity index (χ2n) is 11.3. The predicted molar refractivity (Wildman–Crippen MR) is 172 cm³/mol. The van der Waals surface area contributed by atoms with Crippen LogP contribution in [0.1, 0.15) is 48.4 Å². The fourth-order valence-corrected chi connectivity index (χ4v) is 6.28. The molecule has 1 aliphatic rings. The second kappa shape index (κ2) is 15.2. The van der Waals surface area contributed by atoms with Crippen molar-refractivity contribution in [3.63, 3.8) is 0 Å². The maximum atomic E-state index is 13.0. The molecular weight excluding hydrogens is 585 g/mol. The van der Waals surface area contributed by atoms with Gasteiger partial charge in [0.1, 0.15) is 4.90 Å². The first-order valence-corrected chi connectivity index (χ1v) is 16.6. The maximum Gasteiger partial charge on any atom is 0.416 e. The Morgan fingerprint density at radius 2 is 1.64 bits per heavy atom. The van der Waals surface area contributed by atoms with Crippen LogP contribution in [-0.2, 0) is 29.1 Å². The van der Waals surface area contributed by atoms with E-state index in [1.807, 2.05) is 0 Å². The molecule has 0 atom stereocenters.